The molecule has 33 heavy (non-hydrogen) atoms. The van der Waals surface area contributed by atoms with Gasteiger partial charge in [-0.1, -0.05) is 24.3 Å². The van der Waals surface area contributed by atoms with Crippen LogP contribution in [-0.2, 0) is 4.74 Å². The molecular weight excluding hydrogens is 454 g/mol. The first-order valence-electron chi connectivity index (χ1n) is 11.5. The maximum Gasteiger partial charge on any atom is 0.275 e. The lowest BCUT2D eigenvalue weighted by atomic mass is 9.98. The number of thiazole rings is 1. The summed E-state index contributed by atoms with van der Waals surface area (Å²) in [6, 6.07) is 7.92. The number of piperidine rings is 1. The SMILES string of the molecule is CC=CCNC(=S)N1CCC(c2nc(C(=O)Nc3ccccc3N3CCOCC3)cs2)CC1. The minimum atomic E-state index is -0.162. The van der Waals surface area contributed by atoms with Crippen molar-refractivity contribution in [1.29, 1.82) is 0 Å². The van der Waals surface area contributed by atoms with E-state index in [0.717, 1.165) is 67.1 Å². The van der Waals surface area contributed by atoms with E-state index in [9.17, 15) is 4.79 Å². The lowest BCUT2D eigenvalue weighted by Gasteiger charge is -2.33. The third-order valence-corrected chi connectivity index (χ3v) is 7.41. The van der Waals surface area contributed by atoms with Gasteiger partial charge < -0.3 is 25.2 Å². The summed E-state index contributed by atoms with van der Waals surface area (Å²) in [5, 5.41) is 10.1. The number of carbonyl (C=O) groups is 1. The molecule has 1 aromatic carbocycles. The topological polar surface area (TPSA) is 69.7 Å². The number of ether oxygens (including phenoxy) is 1. The number of nitrogens with zero attached hydrogens (tertiary/aromatic N) is 3. The minimum Gasteiger partial charge on any atom is -0.378 e. The maximum atomic E-state index is 13.0. The molecule has 2 aliphatic rings. The van der Waals surface area contributed by atoms with E-state index >= 15 is 0 Å². The fourth-order valence-corrected chi connectivity index (χ4v) is 5.37. The van der Waals surface area contributed by atoms with Crippen molar-refractivity contribution in [3.8, 4) is 0 Å². The van der Waals surface area contributed by atoms with Gasteiger partial charge in [-0.05, 0) is 44.1 Å². The van der Waals surface area contributed by atoms with Crippen LogP contribution in [0.1, 0.15) is 41.2 Å². The summed E-state index contributed by atoms with van der Waals surface area (Å²) < 4.78 is 5.46. The Labute approximate surface area is 204 Å². The Morgan fingerprint density at radius 1 is 1.24 bits per heavy atom. The third kappa shape index (κ3) is 6.10. The summed E-state index contributed by atoms with van der Waals surface area (Å²) in [4.78, 5) is 22.1. The maximum absolute atomic E-state index is 13.0. The Kier molecular flexibility index (Phi) is 8.30. The van der Waals surface area contributed by atoms with Gasteiger partial charge in [0, 0.05) is 44.0 Å². The van der Waals surface area contributed by atoms with Crippen molar-refractivity contribution < 1.29 is 9.53 Å². The number of amides is 1. The van der Waals surface area contributed by atoms with Crippen molar-refractivity contribution in [3.05, 3.63) is 52.5 Å². The number of allylic oxidation sites excluding steroid dienone is 1. The van der Waals surface area contributed by atoms with Crippen molar-refractivity contribution in [2.45, 2.75) is 25.7 Å². The average molecular weight is 486 g/mol. The van der Waals surface area contributed by atoms with Crippen LogP contribution in [0.2, 0.25) is 0 Å². The fourth-order valence-electron chi connectivity index (χ4n) is 4.13. The van der Waals surface area contributed by atoms with Crippen LogP contribution in [0, 0.1) is 0 Å². The Bertz CT molecular complexity index is 979. The molecule has 7 nitrogen and oxygen atoms in total. The van der Waals surface area contributed by atoms with Gasteiger partial charge >= 0.3 is 0 Å². The Morgan fingerprint density at radius 3 is 2.76 bits per heavy atom. The van der Waals surface area contributed by atoms with Gasteiger partial charge in [0.05, 0.1) is 29.6 Å². The van der Waals surface area contributed by atoms with Gasteiger partial charge in [0.2, 0.25) is 0 Å². The molecule has 2 fully saturated rings. The Balaban J connectivity index is 1.34. The van der Waals surface area contributed by atoms with Gasteiger partial charge in [-0.25, -0.2) is 4.98 Å². The highest BCUT2D eigenvalue weighted by Crippen LogP contribution is 2.31. The van der Waals surface area contributed by atoms with E-state index in [1.165, 1.54) is 0 Å². The van der Waals surface area contributed by atoms with Crippen molar-refractivity contribution in [2.75, 3.05) is 56.2 Å². The van der Waals surface area contributed by atoms with E-state index in [0.29, 0.717) is 24.8 Å². The molecule has 1 aromatic heterocycles. The lowest BCUT2D eigenvalue weighted by molar-refractivity contribution is 0.102. The number of aromatic nitrogens is 1. The zero-order valence-electron chi connectivity index (χ0n) is 19.0. The molecule has 0 radical (unpaired) electrons. The van der Waals surface area contributed by atoms with Crippen molar-refractivity contribution in [3.63, 3.8) is 0 Å². The molecule has 9 heteroatoms. The highest BCUT2D eigenvalue weighted by molar-refractivity contribution is 7.80. The normalized spacial score (nSPS) is 17.4. The number of para-hydroxylation sites is 2. The van der Waals surface area contributed by atoms with Gasteiger partial charge in [0.25, 0.3) is 5.91 Å². The van der Waals surface area contributed by atoms with Crippen LogP contribution in [0.15, 0.2) is 41.8 Å². The largest absolute Gasteiger partial charge is 0.378 e. The lowest BCUT2D eigenvalue weighted by Crippen LogP contribution is -2.43. The molecule has 176 valence electrons. The predicted octanol–water partition coefficient (Wildman–Crippen LogP) is 3.86. The standard InChI is InChI=1S/C24H31N5O2S2/c1-2-3-10-25-24(32)29-11-8-18(9-12-29)23-27-20(17-33-23)22(30)26-19-6-4-5-7-21(19)28-13-15-31-16-14-28/h2-7,17-18H,8-16H2,1H3,(H,25,32)(H,26,30). The number of thiocarbonyl (C=S) groups is 1. The summed E-state index contributed by atoms with van der Waals surface area (Å²) in [7, 11) is 0. The molecule has 4 rings (SSSR count). The average Bonchev–Trinajstić information content (AvgIpc) is 3.36. The molecule has 3 heterocycles. The van der Waals surface area contributed by atoms with Gasteiger partial charge in [-0.3, -0.25) is 4.79 Å². The van der Waals surface area contributed by atoms with Gasteiger partial charge in [-0.2, -0.15) is 0 Å². The number of carbonyl (C=O) groups excluding carboxylic acids is 1. The van der Waals surface area contributed by atoms with E-state index < -0.39 is 0 Å². The molecule has 0 unspecified atom stereocenters. The number of hydrogen-bond acceptors (Lipinski definition) is 6. The first-order valence-corrected chi connectivity index (χ1v) is 12.8. The van der Waals surface area contributed by atoms with Crippen LogP contribution in [0.3, 0.4) is 0 Å². The highest BCUT2D eigenvalue weighted by Gasteiger charge is 2.25. The molecule has 2 aliphatic heterocycles. The van der Waals surface area contributed by atoms with Gasteiger partial charge in [0.1, 0.15) is 5.69 Å². The van der Waals surface area contributed by atoms with E-state index in [-0.39, 0.29) is 5.91 Å². The smallest absolute Gasteiger partial charge is 0.275 e. The Hall–Kier alpha value is -2.49. The second-order valence-electron chi connectivity index (χ2n) is 8.16. The second-order valence-corrected chi connectivity index (χ2v) is 9.43. The third-order valence-electron chi connectivity index (χ3n) is 6.00. The molecule has 0 saturated carbocycles. The van der Waals surface area contributed by atoms with Gasteiger partial charge in [-0.15, -0.1) is 11.3 Å². The monoisotopic (exact) mass is 485 g/mol. The first kappa shape index (κ1) is 23.7. The molecule has 0 aliphatic carbocycles. The fraction of sp³-hybridized carbons (Fsp3) is 0.458. The van der Waals surface area contributed by atoms with E-state index in [1.807, 2.05) is 42.6 Å². The molecule has 0 spiro atoms. The zero-order valence-corrected chi connectivity index (χ0v) is 20.6. The van der Waals surface area contributed by atoms with Crippen molar-refractivity contribution in [2.24, 2.45) is 0 Å². The Morgan fingerprint density at radius 2 is 2.00 bits per heavy atom. The van der Waals surface area contributed by atoms with Crippen LogP contribution < -0.4 is 15.5 Å². The quantitative estimate of drug-likeness (QED) is 0.476. The molecular formula is C24H31N5O2S2. The van der Waals surface area contributed by atoms with Crippen molar-refractivity contribution >= 4 is 45.9 Å². The van der Waals surface area contributed by atoms with Crippen LogP contribution in [0.25, 0.3) is 0 Å². The number of hydrogen-bond donors (Lipinski definition) is 2. The number of nitrogens with one attached hydrogen (secondary N) is 2. The van der Waals surface area contributed by atoms with E-state index in [1.54, 1.807) is 11.3 Å². The zero-order chi connectivity index (χ0) is 23.0. The second kappa shape index (κ2) is 11.6. The summed E-state index contributed by atoms with van der Waals surface area (Å²) in [6.45, 7) is 7.61. The van der Waals surface area contributed by atoms with Crippen LogP contribution in [0.5, 0.6) is 0 Å². The number of likely N-dealkylation sites (tertiary alicyclic amines) is 1. The molecule has 1 amide bonds. The van der Waals surface area contributed by atoms with Crippen LogP contribution in [0.4, 0.5) is 11.4 Å². The van der Waals surface area contributed by atoms with E-state index in [2.05, 4.69) is 26.5 Å². The number of benzene rings is 1. The summed E-state index contributed by atoms with van der Waals surface area (Å²) in [5.41, 5.74) is 2.32. The molecule has 2 saturated heterocycles. The first-order chi connectivity index (χ1) is 16.2. The summed E-state index contributed by atoms with van der Waals surface area (Å²) >= 11 is 7.08. The molecule has 0 bridgehead atoms. The molecule has 2 aromatic rings. The number of rotatable bonds is 6. The highest BCUT2D eigenvalue weighted by atomic mass is 32.1. The van der Waals surface area contributed by atoms with Crippen LogP contribution >= 0.6 is 23.6 Å². The summed E-state index contributed by atoms with van der Waals surface area (Å²) in [5.74, 6) is 0.205. The van der Waals surface area contributed by atoms with Gasteiger partial charge in [0.15, 0.2) is 5.11 Å². The van der Waals surface area contributed by atoms with Crippen molar-refractivity contribution in [1.82, 2.24) is 15.2 Å². The van der Waals surface area contributed by atoms with E-state index in [4.69, 9.17) is 21.9 Å². The summed E-state index contributed by atoms with van der Waals surface area (Å²) in [6.07, 6.45) is 6.04. The van der Waals surface area contributed by atoms with Crippen LogP contribution in [-0.4, -0.2) is 66.8 Å². The predicted molar refractivity (Wildman–Crippen MR) is 139 cm³/mol. The number of anilines is 2. The number of morpholine rings is 1. The molecule has 2 N–H and O–H groups in total. The minimum absolute atomic E-state index is 0.162. The molecule has 0 atom stereocenters.